The molecule has 0 saturated carbocycles. The Labute approximate surface area is 188 Å². The average molecular weight is 432 g/mol. The summed E-state index contributed by atoms with van der Waals surface area (Å²) in [4.78, 5) is 38.5. The van der Waals surface area contributed by atoms with Crippen LogP contribution in [0.4, 0.5) is 5.69 Å². The van der Waals surface area contributed by atoms with Gasteiger partial charge in [-0.1, -0.05) is 60.2 Å². The van der Waals surface area contributed by atoms with Gasteiger partial charge in [0, 0.05) is 12.7 Å². The maximum Gasteiger partial charge on any atom is 0.243 e. The number of hydrogen-bond donors (Lipinski definition) is 2. The second kappa shape index (κ2) is 10.1. The van der Waals surface area contributed by atoms with Gasteiger partial charge in [-0.15, -0.1) is 0 Å². The Bertz CT molecular complexity index is 1140. The Morgan fingerprint density at radius 2 is 1.53 bits per heavy atom. The number of fused-ring (bicyclic) bond motifs is 1. The highest BCUT2D eigenvalue weighted by molar-refractivity contribution is 5.96. The Morgan fingerprint density at radius 1 is 0.875 bits per heavy atom. The number of rotatable bonds is 7. The molecule has 0 saturated heterocycles. The van der Waals surface area contributed by atoms with E-state index in [4.69, 9.17) is 0 Å². The van der Waals surface area contributed by atoms with E-state index in [9.17, 15) is 14.4 Å². The number of likely N-dealkylation sites (N-methyl/N-ethyl adjacent to an activating group) is 1. The van der Waals surface area contributed by atoms with Gasteiger partial charge in [0.1, 0.15) is 0 Å². The van der Waals surface area contributed by atoms with Crippen LogP contribution in [-0.4, -0.2) is 42.8 Å². The minimum atomic E-state index is -0.330. The molecule has 166 valence electrons. The minimum Gasteiger partial charge on any atom is -0.347 e. The van der Waals surface area contributed by atoms with Crippen molar-refractivity contribution in [2.75, 3.05) is 25.5 Å². The van der Waals surface area contributed by atoms with Gasteiger partial charge < -0.3 is 15.5 Å². The minimum absolute atomic E-state index is 0.0925. The van der Waals surface area contributed by atoms with Gasteiger partial charge in [0.25, 0.3) is 0 Å². The van der Waals surface area contributed by atoms with Gasteiger partial charge >= 0.3 is 0 Å². The lowest BCUT2D eigenvalue weighted by Crippen LogP contribution is -2.42. The first-order chi connectivity index (χ1) is 15.2. The number of carbonyl (C=O) groups excluding carboxylic acids is 3. The van der Waals surface area contributed by atoms with Crippen molar-refractivity contribution in [1.82, 2.24) is 10.2 Å². The standard InChI is InChI=1S/C26H29N3O3/c1-17-12-18(2)26(19(3)13-17)28-24(31)16-29(4)25(32)15-27-23(30)14-21-10-7-9-20-8-5-6-11-22(20)21/h5-13H,14-16H2,1-4H3,(H,27,30)(H,28,31). The fraction of sp³-hybridized carbons (Fsp3) is 0.269. The van der Waals surface area contributed by atoms with Crippen molar-refractivity contribution in [3.05, 3.63) is 76.9 Å². The summed E-state index contributed by atoms with van der Waals surface area (Å²) in [7, 11) is 1.55. The highest BCUT2D eigenvalue weighted by atomic mass is 16.2. The number of nitrogens with one attached hydrogen (secondary N) is 2. The second-order valence-corrected chi connectivity index (χ2v) is 8.16. The molecule has 2 N–H and O–H groups in total. The highest BCUT2D eigenvalue weighted by Crippen LogP contribution is 2.22. The first-order valence-corrected chi connectivity index (χ1v) is 10.6. The smallest absolute Gasteiger partial charge is 0.243 e. The molecule has 0 unspecified atom stereocenters. The zero-order valence-corrected chi connectivity index (χ0v) is 19.0. The molecular weight excluding hydrogens is 402 g/mol. The van der Waals surface area contributed by atoms with E-state index in [0.717, 1.165) is 38.7 Å². The molecule has 3 amide bonds. The fourth-order valence-electron chi connectivity index (χ4n) is 3.85. The van der Waals surface area contributed by atoms with E-state index in [-0.39, 0.29) is 37.2 Å². The molecule has 0 aliphatic carbocycles. The van der Waals surface area contributed by atoms with E-state index in [1.807, 2.05) is 75.4 Å². The zero-order chi connectivity index (χ0) is 23.3. The predicted octanol–water partition coefficient (Wildman–Crippen LogP) is 3.52. The zero-order valence-electron chi connectivity index (χ0n) is 19.0. The summed E-state index contributed by atoms with van der Waals surface area (Å²) in [6.45, 7) is 5.64. The van der Waals surface area contributed by atoms with Gasteiger partial charge in [-0.25, -0.2) is 0 Å². The summed E-state index contributed by atoms with van der Waals surface area (Å²) < 4.78 is 0. The molecule has 6 nitrogen and oxygen atoms in total. The molecule has 3 aromatic rings. The Morgan fingerprint density at radius 3 is 2.25 bits per heavy atom. The molecule has 0 atom stereocenters. The van der Waals surface area contributed by atoms with Gasteiger partial charge in [0.2, 0.25) is 17.7 Å². The van der Waals surface area contributed by atoms with Crippen LogP contribution >= 0.6 is 0 Å². The summed E-state index contributed by atoms with van der Waals surface area (Å²) in [5.74, 6) is -0.847. The second-order valence-electron chi connectivity index (χ2n) is 8.16. The third-order valence-electron chi connectivity index (χ3n) is 5.42. The molecule has 0 aromatic heterocycles. The molecule has 0 radical (unpaired) electrons. The number of benzene rings is 3. The van der Waals surface area contributed by atoms with Crippen LogP contribution in [-0.2, 0) is 20.8 Å². The van der Waals surface area contributed by atoms with Gasteiger partial charge in [-0.05, 0) is 48.2 Å². The lowest BCUT2D eigenvalue weighted by molar-refractivity contribution is -0.134. The molecule has 0 spiro atoms. The normalized spacial score (nSPS) is 10.6. The molecule has 3 rings (SSSR count). The Balaban J connectivity index is 1.51. The Hall–Kier alpha value is -3.67. The number of amides is 3. The summed E-state index contributed by atoms with van der Waals surface area (Å²) in [5.41, 5.74) is 4.76. The first-order valence-electron chi connectivity index (χ1n) is 10.6. The maximum atomic E-state index is 12.4. The fourth-order valence-corrected chi connectivity index (χ4v) is 3.85. The van der Waals surface area contributed by atoms with Crippen LogP contribution < -0.4 is 10.6 Å². The van der Waals surface area contributed by atoms with Crippen molar-refractivity contribution >= 4 is 34.2 Å². The SMILES string of the molecule is Cc1cc(C)c(NC(=O)CN(C)C(=O)CNC(=O)Cc2cccc3ccccc23)c(C)c1. The molecule has 0 aliphatic heterocycles. The van der Waals surface area contributed by atoms with Crippen LogP contribution in [0.5, 0.6) is 0 Å². The summed E-state index contributed by atoms with van der Waals surface area (Å²) in [6, 6.07) is 17.7. The van der Waals surface area contributed by atoms with Crippen LogP contribution in [0.15, 0.2) is 54.6 Å². The molecule has 3 aromatic carbocycles. The van der Waals surface area contributed by atoms with Crippen LogP contribution in [0, 0.1) is 20.8 Å². The van der Waals surface area contributed by atoms with E-state index in [2.05, 4.69) is 10.6 Å². The number of aryl methyl sites for hydroxylation is 3. The monoisotopic (exact) mass is 431 g/mol. The highest BCUT2D eigenvalue weighted by Gasteiger charge is 2.16. The topological polar surface area (TPSA) is 78.5 Å². The van der Waals surface area contributed by atoms with Gasteiger partial charge in [0.15, 0.2) is 0 Å². The molecule has 0 fully saturated rings. The summed E-state index contributed by atoms with van der Waals surface area (Å²) >= 11 is 0. The maximum absolute atomic E-state index is 12.4. The van der Waals surface area contributed by atoms with E-state index in [1.165, 1.54) is 4.90 Å². The number of anilines is 1. The summed E-state index contributed by atoms with van der Waals surface area (Å²) in [5, 5.41) is 7.64. The van der Waals surface area contributed by atoms with E-state index in [0.29, 0.717) is 0 Å². The number of carbonyl (C=O) groups is 3. The van der Waals surface area contributed by atoms with Crippen molar-refractivity contribution in [1.29, 1.82) is 0 Å². The van der Waals surface area contributed by atoms with Gasteiger partial charge in [-0.3, -0.25) is 14.4 Å². The molecule has 0 bridgehead atoms. The third kappa shape index (κ3) is 5.72. The van der Waals surface area contributed by atoms with Crippen molar-refractivity contribution in [2.24, 2.45) is 0 Å². The molecule has 6 heteroatoms. The van der Waals surface area contributed by atoms with Crippen molar-refractivity contribution in [3.8, 4) is 0 Å². The van der Waals surface area contributed by atoms with Gasteiger partial charge in [-0.2, -0.15) is 0 Å². The molecule has 32 heavy (non-hydrogen) atoms. The van der Waals surface area contributed by atoms with Gasteiger partial charge in [0.05, 0.1) is 19.5 Å². The van der Waals surface area contributed by atoms with Crippen LogP contribution in [0.2, 0.25) is 0 Å². The molecule has 0 heterocycles. The third-order valence-corrected chi connectivity index (χ3v) is 5.42. The lowest BCUT2D eigenvalue weighted by atomic mass is 10.0. The quantitative estimate of drug-likeness (QED) is 0.601. The van der Waals surface area contributed by atoms with E-state index in [1.54, 1.807) is 7.05 Å². The van der Waals surface area contributed by atoms with E-state index >= 15 is 0 Å². The Kier molecular flexibility index (Phi) is 7.25. The van der Waals surface area contributed by atoms with Crippen LogP contribution in [0.25, 0.3) is 10.8 Å². The van der Waals surface area contributed by atoms with E-state index < -0.39 is 0 Å². The van der Waals surface area contributed by atoms with Crippen LogP contribution in [0.1, 0.15) is 22.3 Å². The predicted molar refractivity (Wildman–Crippen MR) is 128 cm³/mol. The summed E-state index contributed by atoms with van der Waals surface area (Å²) in [6.07, 6.45) is 0.185. The van der Waals surface area contributed by atoms with Crippen LogP contribution in [0.3, 0.4) is 0 Å². The number of hydrogen-bond acceptors (Lipinski definition) is 3. The number of nitrogens with zero attached hydrogens (tertiary/aromatic N) is 1. The lowest BCUT2D eigenvalue weighted by Gasteiger charge is -2.19. The molecule has 0 aliphatic rings. The van der Waals surface area contributed by atoms with Crippen molar-refractivity contribution in [2.45, 2.75) is 27.2 Å². The van der Waals surface area contributed by atoms with Crippen molar-refractivity contribution < 1.29 is 14.4 Å². The van der Waals surface area contributed by atoms with Crippen molar-refractivity contribution in [3.63, 3.8) is 0 Å². The molecular formula is C26H29N3O3. The largest absolute Gasteiger partial charge is 0.347 e. The first kappa shape index (κ1) is 23.0. The average Bonchev–Trinajstić information content (AvgIpc) is 2.74.